The third kappa shape index (κ3) is 3.92. The van der Waals surface area contributed by atoms with Crippen molar-refractivity contribution >= 4 is 0 Å². The van der Waals surface area contributed by atoms with Crippen LogP contribution < -0.4 is 10.1 Å². The number of rotatable bonds is 7. The normalized spacial score (nSPS) is 14.6. The number of hydrogen-bond donors (Lipinski definition) is 2. The van der Waals surface area contributed by atoms with E-state index in [1.165, 1.54) is 6.07 Å². The summed E-state index contributed by atoms with van der Waals surface area (Å²) in [4.78, 5) is 0. The predicted octanol–water partition coefficient (Wildman–Crippen LogP) is 2.50. The van der Waals surface area contributed by atoms with Crippen LogP contribution in [0.15, 0.2) is 24.3 Å². The lowest BCUT2D eigenvalue weighted by Crippen LogP contribution is -2.40. The van der Waals surface area contributed by atoms with Crippen LogP contribution in [-0.2, 0) is 5.54 Å². The van der Waals surface area contributed by atoms with E-state index in [1.807, 2.05) is 19.9 Å². The lowest BCUT2D eigenvalue weighted by atomic mass is 9.88. The highest BCUT2D eigenvalue weighted by Gasteiger charge is 2.25. The molecule has 0 heterocycles. The molecule has 5 heteroatoms. The maximum Gasteiger partial charge on any atom is 0.387 e. The molecular weight excluding hydrogens is 240 g/mol. The molecule has 0 saturated heterocycles. The van der Waals surface area contributed by atoms with Crippen LogP contribution >= 0.6 is 0 Å². The van der Waals surface area contributed by atoms with E-state index in [0.717, 1.165) is 12.1 Å². The van der Waals surface area contributed by atoms with Gasteiger partial charge in [-0.2, -0.15) is 8.78 Å². The fourth-order valence-corrected chi connectivity index (χ4v) is 1.96. The molecule has 0 aliphatic carbocycles. The van der Waals surface area contributed by atoms with Crippen LogP contribution in [0.4, 0.5) is 8.78 Å². The van der Waals surface area contributed by atoms with Crippen LogP contribution in [-0.4, -0.2) is 24.9 Å². The summed E-state index contributed by atoms with van der Waals surface area (Å²) in [6, 6.07) is 6.56. The summed E-state index contributed by atoms with van der Waals surface area (Å²) in [6.45, 7) is 1.78. The maximum atomic E-state index is 12.2. The van der Waals surface area contributed by atoms with Gasteiger partial charge in [-0.1, -0.05) is 19.1 Å². The van der Waals surface area contributed by atoms with Gasteiger partial charge in [-0.25, -0.2) is 0 Å². The van der Waals surface area contributed by atoms with Crippen molar-refractivity contribution in [2.75, 3.05) is 13.2 Å². The minimum absolute atomic E-state index is 0.0173. The number of hydrogen-bond acceptors (Lipinski definition) is 3. The number of benzene rings is 1. The van der Waals surface area contributed by atoms with Crippen LogP contribution in [0.2, 0.25) is 0 Å². The summed E-state index contributed by atoms with van der Waals surface area (Å²) < 4.78 is 28.7. The molecule has 0 amide bonds. The van der Waals surface area contributed by atoms with Crippen molar-refractivity contribution in [3.63, 3.8) is 0 Å². The zero-order valence-corrected chi connectivity index (χ0v) is 10.6. The van der Waals surface area contributed by atoms with Crippen LogP contribution in [0, 0.1) is 0 Å². The Kier molecular flexibility index (Phi) is 5.50. The number of aliphatic hydroxyl groups excluding tert-OH is 1. The zero-order valence-electron chi connectivity index (χ0n) is 10.6. The molecule has 0 aliphatic rings. The maximum absolute atomic E-state index is 12.2. The van der Waals surface area contributed by atoms with Gasteiger partial charge in [-0.15, -0.1) is 0 Å². The lowest BCUT2D eigenvalue weighted by molar-refractivity contribution is -0.0499. The van der Waals surface area contributed by atoms with E-state index in [2.05, 4.69) is 10.1 Å². The molecule has 0 aromatic heterocycles. The minimum atomic E-state index is -2.83. The largest absolute Gasteiger partial charge is 0.435 e. The first-order chi connectivity index (χ1) is 8.51. The number of alkyl halides is 2. The van der Waals surface area contributed by atoms with E-state index in [4.69, 9.17) is 5.11 Å². The van der Waals surface area contributed by atoms with Crippen molar-refractivity contribution < 1.29 is 18.6 Å². The van der Waals surface area contributed by atoms with Crippen LogP contribution in [0.3, 0.4) is 0 Å². The van der Waals surface area contributed by atoms with E-state index < -0.39 is 12.2 Å². The molecule has 0 bridgehead atoms. The smallest absolute Gasteiger partial charge is 0.387 e. The topological polar surface area (TPSA) is 41.5 Å². The molecule has 0 radical (unpaired) electrons. The second kappa shape index (κ2) is 6.66. The van der Waals surface area contributed by atoms with Gasteiger partial charge < -0.3 is 15.2 Å². The molecule has 1 rings (SSSR count). The van der Waals surface area contributed by atoms with Gasteiger partial charge in [0.1, 0.15) is 5.75 Å². The van der Waals surface area contributed by atoms with Gasteiger partial charge in [-0.3, -0.25) is 0 Å². The first-order valence-corrected chi connectivity index (χ1v) is 5.93. The summed E-state index contributed by atoms with van der Waals surface area (Å²) in [5.41, 5.74) is 0.363. The first-order valence-electron chi connectivity index (χ1n) is 5.93. The van der Waals surface area contributed by atoms with Gasteiger partial charge in [0.25, 0.3) is 0 Å². The predicted molar refractivity (Wildman–Crippen MR) is 65.8 cm³/mol. The van der Waals surface area contributed by atoms with Crippen molar-refractivity contribution in [1.82, 2.24) is 5.32 Å². The van der Waals surface area contributed by atoms with Gasteiger partial charge in [0.15, 0.2) is 0 Å². The molecule has 0 saturated carbocycles. The van der Waals surface area contributed by atoms with E-state index in [-0.39, 0.29) is 12.4 Å². The minimum Gasteiger partial charge on any atom is -0.435 e. The molecule has 18 heavy (non-hydrogen) atoms. The highest BCUT2D eigenvalue weighted by atomic mass is 19.3. The van der Waals surface area contributed by atoms with Gasteiger partial charge in [0.2, 0.25) is 0 Å². The molecule has 1 atom stereocenters. The average Bonchev–Trinajstić information content (AvgIpc) is 2.29. The number of halogens is 2. The van der Waals surface area contributed by atoms with E-state index >= 15 is 0 Å². The third-order valence-corrected chi connectivity index (χ3v) is 2.88. The summed E-state index contributed by atoms with van der Waals surface area (Å²) >= 11 is 0. The highest BCUT2D eigenvalue weighted by Crippen LogP contribution is 2.28. The molecule has 0 spiro atoms. The van der Waals surface area contributed by atoms with Crippen molar-refractivity contribution in [3.05, 3.63) is 29.8 Å². The zero-order chi connectivity index (χ0) is 13.6. The fourth-order valence-electron chi connectivity index (χ4n) is 1.96. The average molecular weight is 259 g/mol. The Bertz CT molecular complexity index is 366. The quantitative estimate of drug-likeness (QED) is 0.790. The molecular formula is C13H19F2NO2. The van der Waals surface area contributed by atoms with Crippen molar-refractivity contribution in [3.8, 4) is 5.75 Å². The van der Waals surface area contributed by atoms with Gasteiger partial charge in [-0.05, 0) is 37.6 Å². The number of aliphatic hydroxyl groups is 1. The highest BCUT2D eigenvalue weighted by molar-refractivity contribution is 5.33. The first kappa shape index (κ1) is 14.9. The Morgan fingerprint density at radius 3 is 2.72 bits per heavy atom. The standard InChI is InChI=1S/C13H19F2NO2/c1-3-16-13(2,7-8-17)10-5-4-6-11(9-10)18-12(14)15/h4-6,9,12,16-17H,3,7-8H2,1-2H3. The molecule has 0 aliphatic heterocycles. The Hall–Kier alpha value is -1.20. The summed E-state index contributed by atoms with van der Waals surface area (Å²) in [6.07, 6.45) is 0.499. The lowest BCUT2D eigenvalue weighted by Gasteiger charge is -2.31. The Balaban J connectivity index is 2.97. The van der Waals surface area contributed by atoms with Crippen molar-refractivity contribution in [2.24, 2.45) is 0 Å². The Morgan fingerprint density at radius 1 is 1.44 bits per heavy atom. The third-order valence-electron chi connectivity index (χ3n) is 2.88. The second-order valence-electron chi connectivity index (χ2n) is 4.24. The summed E-state index contributed by atoms with van der Waals surface area (Å²) in [7, 11) is 0. The summed E-state index contributed by atoms with van der Waals surface area (Å²) in [5.74, 6) is 0.129. The van der Waals surface area contributed by atoms with Crippen molar-refractivity contribution in [2.45, 2.75) is 32.4 Å². The number of nitrogens with one attached hydrogen (secondary N) is 1. The molecule has 1 aromatic rings. The monoisotopic (exact) mass is 259 g/mol. The molecule has 2 N–H and O–H groups in total. The van der Waals surface area contributed by atoms with Gasteiger partial charge >= 0.3 is 6.61 Å². The van der Waals surface area contributed by atoms with E-state index in [0.29, 0.717) is 6.42 Å². The summed E-state index contributed by atoms with van der Waals surface area (Å²) in [5, 5.41) is 12.4. The van der Waals surface area contributed by atoms with Crippen LogP contribution in [0.5, 0.6) is 5.75 Å². The Morgan fingerprint density at radius 2 is 2.17 bits per heavy atom. The molecule has 1 aromatic carbocycles. The van der Waals surface area contributed by atoms with E-state index in [9.17, 15) is 8.78 Å². The fraction of sp³-hybridized carbons (Fsp3) is 0.538. The molecule has 3 nitrogen and oxygen atoms in total. The SMILES string of the molecule is CCNC(C)(CCO)c1cccc(OC(F)F)c1. The van der Waals surface area contributed by atoms with Crippen molar-refractivity contribution in [1.29, 1.82) is 0 Å². The van der Waals surface area contributed by atoms with Gasteiger partial charge in [0, 0.05) is 12.1 Å². The molecule has 1 unspecified atom stereocenters. The number of ether oxygens (including phenoxy) is 1. The van der Waals surface area contributed by atoms with E-state index in [1.54, 1.807) is 12.1 Å². The Labute approximate surface area is 106 Å². The molecule has 102 valence electrons. The van der Waals surface area contributed by atoms with Crippen LogP contribution in [0.25, 0.3) is 0 Å². The van der Waals surface area contributed by atoms with Crippen LogP contribution in [0.1, 0.15) is 25.8 Å². The van der Waals surface area contributed by atoms with Gasteiger partial charge in [0.05, 0.1) is 0 Å². The second-order valence-corrected chi connectivity index (χ2v) is 4.24. The molecule has 0 fully saturated rings.